The molecule has 2 N–H and O–H groups in total. The molecule has 17 heavy (non-hydrogen) atoms. The summed E-state index contributed by atoms with van der Waals surface area (Å²) in [6, 6.07) is 8.12. The van der Waals surface area contributed by atoms with Crippen LogP contribution in [0.15, 0.2) is 29.6 Å². The van der Waals surface area contributed by atoms with Gasteiger partial charge < -0.3 is 10.6 Å². The summed E-state index contributed by atoms with van der Waals surface area (Å²) in [4.78, 5) is 11.9. The van der Waals surface area contributed by atoms with Crippen molar-refractivity contribution < 1.29 is 4.79 Å². The van der Waals surface area contributed by atoms with E-state index < -0.39 is 0 Å². The summed E-state index contributed by atoms with van der Waals surface area (Å²) in [5, 5.41) is 9.16. The maximum absolute atomic E-state index is 11.9. The van der Waals surface area contributed by atoms with Gasteiger partial charge in [0.1, 0.15) is 0 Å². The minimum absolute atomic E-state index is 0.0137. The van der Waals surface area contributed by atoms with Crippen molar-refractivity contribution in [2.24, 2.45) is 0 Å². The van der Waals surface area contributed by atoms with Crippen LogP contribution in [0.3, 0.4) is 0 Å². The summed E-state index contributed by atoms with van der Waals surface area (Å²) >= 11 is 1.69. The summed E-state index contributed by atoms with van der Waals surface area (Å²) in [5.74, 6) is -0.0137. The molecule has 1 aromatic carbocycles. The van der Waals surface area contributed by atoms with Gasteiger partial charge in [-0.2, -0.15) is 0 Å². The third-order valence-corrected chi connectivity index (χ3v) is 3.67. The summed E-state index contributed by atoms with van der Waals surface area (Å²) < 4.78 is 1.21. The summed E-state index contributed by atoms with van der Waals surface area (Å²) in [7, 11) is 1.88. The maximum Gasteiger partial charge on any atom is 0.251 e. The van der Waals surface area contributed by atoms with E-state index in [9.17, 15) is 4.79 Å². The first-order valence-corrected chi connectivity index (χ1v) is 6.51. The fraction of sp³-hybridized carbons (Fsp3) is 0.308. The third-order valence-electron chi connectivity index (χ3n) is 2.78. The monoisotopic (exact) mass is 248 g/mol. The highest BCUT2D eigenvalue weighted by molar-refractivity contribution is 7.17. The zero-order chi connectivity index (χ0) is 12.3. The van der Waals surface area contributed by atoms with Gasteiger partial charge in [-0.3, -0.25) is 4.79 Å². The molecule has 0 spiro atoms. The Balaban J connectivity index is 2.08. The van der Waals surface area contributed by atoms with E-state index in [2.05, 4.69) is 10.6 Å². The van der Waals surface area contributed by atoms with Crippen LogP contribution in [0.4, 0.5) is 0 Å². The molecule has 3 nitrogen and oxygen atoms in total. The Morgan fingerprint density at radius 3 is 3.00 bits per heavy atom. The van der Waals surface area contributed by atoms with Gasteiger partial charge in [0.05, 0.1) is 0 Å². The topological polar surface area (TPSA) is 41.1 Å². The molecule has 0 bridgehead atoms. The molecule has 2 aromatic rings. The van der Waals surface area contributed by atoms with E-state index in [1.165, 1.54) is 4.70 Å². The molecular weight excluding hydrogens is 232 g/mol. The van der Waals surface area contributed by atoms with Crippen LogP contribution in [0.25, 0.3) is 10.1 Å². The number of carbonyl (C=O) groups is 1. The van der Waals surface area contributed by atoms with Gasteiger partial charge in [-0.15, -0.1) is 11.3 Å². The summed E-state index contributed by atoms with van der Waals surface area (Å²) in [6.07, 6.45) is 0. The number of likely N-dealkylation sites (N-methyl/N-ethyl adjacent to an activating group) is 1. The Hall–Kier alpha value is -1.39. The fourth-order valence-corrected chi connectivity index (χ4v) is 2.33. The molecular formula is C13H16N2OS. The van der Waals surface area contributed by atoms with Crippen molar-refractivity contribution in [3.8, 4) is 0 Å². The van der Waals surface area contributed by atoms with Crippen LogP contribution in [-0.4, -0.2) is 25.5 Å². The van der Waals surface area contributed by atoms with Crippen LogP contribution >= 0.6 is 11.3 Å². The highest BCUT2D eigenvalue weighted by Gasteiger charge is 2.07. The second-order valence-corrected chi connectivity index (χ2v) is 5.02. The van der Waals surface area contributed by atoms with Crippen molar-refractivity contribution in [3.63, 3.8) is 0 Å². The average molecular weight is 248 g/mol. The molecule has 0 saturated carbocycles. The predicted octanol–water partition coefficient (Wildman–Crippen LogP) is 2.24. The van der Waals surface area contributed by atoms with Gasteiger partial charge >= 0.3 is 0 Å². The lowest BCUT2D eigenvalue weighted by Gasteiger charge is -2.11. The SMILES string of the molecule is CNC(C)CNC(=O)c1ccc2sccc2c1. The van der Waals surface area contributed by atoms with E-state index in [4.69, 9.17) is 0 Å². The lowest BCUT2D eigenvalue weighted by Crippen LogP contribution is -2.37. The number of hydrogen-bond donors (Lipinski definition) is 2. The summed E-state index contributed by atoms with van der Waals surface area (Å²) in [6.45, 7) is 2.67. The minimum atomic E-state index is -0.0137. The van der Waals surface area contributed by atoms with E-state index in [-0.39, 0.29) is 11.9 Å². The Kier molecular flexibility index (Phi) is 3.76. The number of rotatable bonds is 4. The molecule has 2 rings (SSSR count). The molecule has 1 aromatic heterocycles. The molecule has 90 valence electrons. The van der Waals surface area contributed by atoms with Crippen LogP contribution in [0.2, 0.25) is 0 Å². The number of benzene rings is 1. The van der Waals surface area contributed by atoms with Gasteiger partial charge in [0.15, 0.2) is 0 Å². The molecule has 1 heterocycles. The van der Waals surface area contributed by atoms with Crippen LogP contribution in [0.1, 0.15) is 17.3 Å². The highest BCUT2D eigenvalue weighted by Crippen LogP contribution is 2.21. The zero-order valence-electron chi connectivity index (χ0n) is 9.99. The molecule has 0 fully saturated rings. The largest absolute Gasteiger partial charge is 0.350 e. The highest BCUT2D eigenvalue weighted by atomic mass is 32.1. The van der Waals surface area contributed by atoms with E-state index in [1.54, 1.807) is 11.3 Å². The number of carbonyl (C=O) groups excluding carboxylic acids is 1. The van der Waals surface area contributed by atoms with E-state index in [1.807, 2.05) is 43.6 Å². The van der Waals surface area contributed by atoms with Crippen molar-refractivity contribution in [3.05, 3.63) is 35.2 Å². The van der Waals surface area contributed by atoms with Crippen LogP contribution in [0, 0.1) is 0 Å². The van der Waals surface area contributed by atoms with Crippen molar-refractivity contribution >= 4 is 27.3 Å². The van der Waals surface area contributed by atoms with Gasteiger partial charge in [0.2, 0.25) is 0 Å². The van der Waals surface area contributed by atoms with Gasteiger partial charge in [-0.1, -0.05) is 0 Å². The maximum atomic E-state index is 11.9. The predicted molar refractivity (Wildman–Crippen MR) is 72.7 cm³/mol. The van der Waals surface area contributed by atoms with Gasteiger partial charge in [0.25, 0.3) is 5.91 Å². The molecule has 1 atom stereocenters. The van der Waals surface area contributed by atoms with Gasteiger partial charge in [-0.25, -0.2) is 0 Å². The Labute approximate surface area is 105 Å². The van der Waals surface area contributed by atoms with Crippen LogP contribution < -0.4 is 10.6 Å². The third kappa shape index (κ3) is 2.84. The van der Waals surface area contributed by atoms with Crippen LogP contribution in [-0.2, 0) is 0 Å². The molecule has 1 amide bonds. The van der Waals surface area contributed by atoms with Gasteiger partial charge in [0, 0.05) is 22.8 Å². The van der Waals surface area contributed by atoms with Crippen molar-refractivity contribution in [2.45, 2.75) is 13.0 Å². The smallest absolute Gasteiger partial charge is 0.251 e. The summed E-state index contributed by atoms with van der Waals surface area (Å²) in [5.41, 5.74) is 0.721. The lowest BCUT2D eigenvalue weighted by atomic mass is 10.1. The standard InChI is InChI=1S/C13H16N2OS/c1-9(14-2)8-15-13(16)11-3-4-12-10(7-11)5-6-17-12/h3-7,9,14H,8H2,1-2H3,(H,15,16). The zero-order valence-corrected chi connectivity index (χ0v) is 10.8. The number of thiophene rings is 1. The number of amides is 1. The van der Waals surface area contributed by atoms with E-state index in [0.717, 1.165) is 10.9 Å². The molecule has 4 heteroatoms. The second kappa shape index (κ2) is 5.29. The van der Waals surface area contributed by atoms with Crippen LogP contribution in [0.5, 0.6) is 0 Å². The average Bonchev–Trinajstić information content (AvgIpc) is 2.82. The molecule has 0 aliphatic carbocycles. The van der Waals surface area contributed by atoms with E-state index >= 15 is 0 Å². The second-order valence-electron chi connectivity index (χ2n) is 4.07. The number of fused-ring (bicyclic) bond motifs is 1. The molecule has 1 unspecified atom stereocenters. The first-order valence-electron chi connectivity index (χ1n) is 5.63. The molecule has 0 saturated heterocycles. The van der Waals surface area contributed by atoms with Crippen molar-refractivity contribution in [1.82, 2.24) is 10.6 Å². The Bertz CT molecular complexity index is 521. The van der Waals surface area contributed by atoms with Crippen molar-refractivity contribution in [1.29, 1.82) is 0 Å². The first kappa shape index (κ1) is 12.1. The molecule has 0 aliphatic heterocycles. The quantitative estimate of drug-likeness (QED) is 0.871. The van der Waals surface area contributed by atoms with Crippen molar-refractivity contribution in [2.75, 3.05) is 13.6 Å². The normalized spacial score (nSPS) is 12.6. The number of hydrogen-bond acceptors (Lipinski definition) is 3. The minimum Gasteiger partial charge on any atom is -0.350 e. The Morgan fingerprint density at radius 1 is 1.41 bits per heavy atom. The Morgan fingerprint density at radius 2 is 2.24 bits per heavy atom. The fourth-order valence-electron chi connectivity index (χ4n) is 1.56. The van der Waals surface area contributed by atoms with E-state index in [0.29, 0.717) is 6.54 Å². The lowest BCUT2D eigenvalue weighted by molar-refractivity contribution is 0.0950. The van der Waals surface area contributed by atoms with Gasteiger partial charge in [-0.05, 0) is 49.0 Å². The first-order chi connectivity index (χ1) is 8.20. The molecule has 0 radical (unpaired) electrons. The number of nitrogens with one attached hydrogen (secondary N) is 2. The molecule has 0 aliphatic rings.